The van der Waals surface area contributed by atoms with Crippen LogP contribution in [-0.4, -0.2) is 39.1 Å². The number of rotatable bonds is 7. The second-order valence-corrected chi connectivity index (χ2v) is 11.1. The number of benzene rings is 2. The molecular weight excluding hydrogens is 499 g/mol. The molecule has 0 bridgehead atoms. The first-order valence-electron chi connectivity index (χ1n) is 10.6. The standard InChI is InChI=1S/C23H24BrFN2O4S/c1-2-26(19-7-5-18(25)6-8-19)21(28)10-12-32(30,31)20-14-17(24)13-16-9-11-27(22(16)20)23(29)15-3-4-15/h5-8,13-15H,2-4,9-12H2,1H3. The van der Waals surface area contributed by atoms with E-state index in [0.717, 1.165) is 18.4 Å². The Morgan fingerprint density at radius 3 is 2.50 bits per heavy atom. The van der Waals surface area contributed by atoms with Gasteiger partial charge in [0.15, 0.2) is 9.84 Å². The Bertz CT molecular complexity index is 1160. The summed E-state index contributed by atoms with van der Waals surface area (Å²) in [5.41, 5.74) is 1.80. The molecule has 1 fully saturated rings. The van der Waals surface area contributed by atoms with E-state index >= 15 is 0 Å². The van der Waals surface area contributed by atoms with Crippen LogP contribution in [0.3, 0.4) is 0 Å². The number of amides is 2. The van der Waals surface area contributed by atoms with E-state index < -0.39 is 15.7 Å². The van der Waals surface area contributed by atoms with Crippen LogP contribution in [0.5, 0.6) is 0 Å². The minimum Gasteiger partial charge on any atom is -0.313 e. The molecule has 0 spiro atoms. The predicted molar refractivity (Wildman–Crippen MR) is 124 cm³/mol. The van der Waals surface area contributed by atoms with E-state index in [9.17, 15) is 22.4 Å². The highest BCUT2D eigenvalue weighted by molar-refractivity contribution is 9.10. The van der Waals surface area contributed by atoms with E-state index in [1.54, 1.807) is 11.8 Å². The molecule has 9 heteroatoms. The van der Waals surface area contributed by atoms with Gasteiger partial charge >= 0.3 is 0 Å². The Morgan fingerprint density at radius 2 is 1.88 bits per heavy atom. The molecule has 1 aliphatic carbocycles. The van der Waals surface area contributed by atoms with E-state index in [4.69, 9.17) is 0 Å². The molecule has 0 N–H and O–H groups in total. The fourth-order valence-electron chi connectivity index (χ4n) is 4.07. The smallest absolute Gasteiger partial charge is 0.230 e. The quantitative estimate of drug-likeness (QED) is 0.548. The largest absolute Gasteiger partial charge is 0.313 e. The van der Waals surface area contributed by atoms with Crippen molar-refractivity contribution < 1.29 is 22.4 Å². The summed E-state index contributed by atoms with van der Waals surface area (Å²) in [4.78, 5) is 28.7. The van der Waals surface area contributed by atoms with Gasteiger partial charge in [-0.2, -0.15) is 0 Å². The molecular formula is C23H24BrFN2O4S. The van der Waals surface area contributed by atoms with Crippen LogP contribution in [0.15, 0.2) is 45.8 Å². The number of carbonyl (C=O) groups is 2. The van der Waals surface area contributed by atoms with Gasteiger partial charge in [-0.3, -0.25) is 9.59 Å². The molecule has 2 aromatic carbocycles. The van der Waals surface area contributed by atoms with Crippen LogP contribution in [0.4, 0.5) is 15.8 Å². The third kappa shape index (κ3) is 4.59. The Morgan fingerprint density at radius 1 is 1.19 bits per heavy atom. The molecule has 2 amide bonds. The molecule has 1 saturated carbocycles. The fraction of sp³-hybridized carbons (Fsp3) is 0.391. The Balaban J connectivity index is 1.57. The Kier molecular flexibility index (Phi) is 6.40. The summed E-state index contributed by atoms with van der Waals surface area (Å²) in [6, 6.07) is 8.89. The third-order valence-corrected chi connectivity index (χ3v) is 8.04. The Labute approximate surface area is 195 Å². The van der Waals surface area contributed by atoms with Crippen molar-refractivity contribution in [1.82, 2.24) is 0 Å². The molecule has 170 valence electrons. The number of fused-ring (bicyclic) bond motifs is 1. The highest BCUT2D eigenvalue weighted by Gasteiger charge is 2.39. The third-order valence-electron chi connectivity index (χ3n) is 5.86. The van der Waals surface area contributed by atoms with Crippen LogP contribution in [0.2, 0.25) is 0 Å². The van der Waals surface area contributed by atoms with Crippen LogP contribution in [0.1, 0.15) is 31.7 Å². The van der Waals surface area contributed by atoms with Crippen LogP contribution >= 0.6 is 15.9 Å². The van der Waals surface area contributed by atoms with Gasteiger partial charge in [0.2, 0.25) is 11.8 Å². The average molecular weight is 523 g/mol. The molecule has 0 unspecified atom stereocenters. The lowest BCUT2D eigenvalue weighted by molar-refractivity contribution is -0.120. The predicted octanol–water partition coefficient (Wildman–Crippen LogP) is 4.10. The fourth-order valence-corrected chi connectivity index (χ4v) is 6.23. The molecule has 0 saturated heterocycles. The van der Waals surface area contributed by atoms with Gasteiger partial charge in [-0.15, -0.1) is 0 Å². The SMILES string of the molecule is CCN(C(=O)CCS(=O)(=O)c1cc(Br)cc2c1N(C(=O)C1CC1)CC2)c1ccc(F)cc1. The van der Waals surface area contributed by atoms with Crippen molar-refractivity contribution in [2.45, 2.75) is 37.5 Å². The number of anilines is 2. The summed E-state index contributed by atoms with van der Waals surface area (Å²) in [5, 5.41) is 0. The summed E-state index contributed by atoms with van der Waals surface area (Å²) in [5.74, 6) is -1.19. The zero-order valence-corrected chi connectivity index (χ0v) is 20.1. The monoisotopic (exact) mass is 522 g/mol. The van der Waals surface area contributed by atoms with Crippen molar-refractivity contribution in [3.05, 3.63) is 52.3 Å². The summed E-state index contributed by atoms with van der Waals surface area (Å²) < 4.78 is 40.5. The van der Waals surface area contributed by atoms with Gasteiger partial charge in [0.05, 0.1) is 16.3 Å². The number of carbonyl (C=O) groups excluding carboxylic acids is 2. The van der Waals surface area contributed by atoms with Crippen molar-refractivity contribution >= 4 is 49.0 Å². The van der Waals surface area contributed by atoms with Gasteiger partial charge in [-0.25, -0.2) is 12.8 Å². The summed E-state index contributed by atoms with van der Waals surface area (Å²) in [6.07, 6.45) is 2.07. The van der Waals surface area contributed by atoms with Gasteiger partial charge in [0, 0.05) is 35.6 Å². The molecule has 32 heavy (non-hydrogen) atoms. The van der Waals surface area contributed by atoms with Crippen LogP contribution in [-0.2, 0) is 25.8 Å². The minimum absolute atomic E-state index is 0.0180. The lowest BCUT2D eigenvalue weighted by Gasteiger charge is -2.22. The number of nitrogens with zero attached hydrogens (tertiary/aromatic N) is 2. The van der Waals surface area contributed by atoms with Crippen molar-refractivity contribution in [2.75, 3.05) is 28.6 Å². The topological polar surface area (TPSA) is 74.8 Å². The van der Waals surface area contributed by atoms with Gasteiger partial charge in [0.1, 0.15) is 5.82 Å². The van der Waals surface area contributed by atoms with E-state index in [-0.39, 0.29) is 34.8 Å². The molecule has 0 atom stereocenters. The summed E-state index contributed by atoms with van der Waals surface area (Å²) in [7, 11) is -3.84. The lowest BCUT2D eigenvalue weighted by Crippen LogP contribution is -2.33. The van der Waals surface area contributed by atoms with Crippen molar-refractivity contribution in [2.24, 2.45) is 5.92 Å². The normalized spacial score (nSPS) is 15.5. The maximum absolute atomic E-state index is 13.3. The summed E-state index contributed by atoms with van der Waals surface area (Å²) >= 11 is 3.38. The maximum atomic E-state index is 13.3. The number of hydrogen-bond donors (Lipinski definition) is 0. The first kappa shape index (κ1) is 22.9. The van der Waals surface area contributed by atoms with Gasteiger partial charge in [-0.05, 0) is 68.1 Å². The van der Waals surface area contributed by atoms with Crippen molar-refractivity contribution in [1.29, 1.82) is 0 Å². The second-order valence-electron chi connectivity index (χ2n) is 8.11. The molecule has 1 heterocycles. The Hall–Kier alpha value is -2.26. The molecule has 2 aliphatic rings. The second kappa shape index (κ2) is 8.94. The first-order chi connectivity index (χ1) is 15.2. The van der Waals surface area contributed by atoms with E-state index in [1.807, 2.05) is 6.07 Å². The van der Waals surface area contributed by atoms with Crippen LogP contribution in [0.25, 0.3) is 0 Å². The molecule has 2 aromatic rings. The van der Waals surface area contributed by atoms with Gasteiger partial charge in [-0.1, -0.05) is 15.9 Å². The maximum Gasteiger partial charge on any atom is 0.230 e. The molecule has 6 nitrogen and oxygen atoms in total. The number of halogens is 2. The number of hydrogen-bond acceptors (Lipinski definition) is 4. The highest BCUT2D eigenvalue weighted by atomic mass is 79.9. The zero-order valence-electron chi connectivity index (χ0n) is 17.7. The van der Waals surface area contributed by atoms with Gasteiger partial charge in [0.25, 0.3) is 0 Å². The molecule has 1 aliphatic heterocycles. The van der Waals surface area contributed by atoms with Crippen LogP contribution in [0, 0.1) is 11.7 Å². The highest BCUT2D eigenvalue weighted by Crippen LogP contribution is 2.41. The molecule has 0 radical (unpaired) electrons. The summed E-state index contributed by atoms with van der Waals surface area (Å²) in [6.45, 7) is 2.58. The van der Waals surface area contributed by atoms with Gasteiger partial charge < -0.3 is 9.80 Å². The molecule has 4 rings (SSSR count). The molecule has 0 aromatic heterocycles. The lowest BCUT2D eigenvalue weighted by atomic mass is 10.2. The van der Waals surface area contributed by atoms with Crippen molar-refractivity contribution in [3.63, 3.8) is 0 Å². The number of sulfone groups is 1. The zero-order chi connectivity index (χ0) is 23.0. The van der Waals surface area contributed by atoms with Crippen LogP contribution < -0.4 is 9.80 Å². The first-order valence-corrected chi connectivity index (χ1v) is 13.1. The van der Waals surface area contributed by atoms with E-state index in [0.29, 0.717) is 35.4 Å². The van der Waals surface area contributed by atoms with Crippen molar-refractivity contribution in [3.8, 4) is 0 Å². The van der Waals surface area contributed by atoms with E-state index in [1.165, 1.54) is 35.2 Å². The minimum atomic E-state index is -3.84. The average Bonchev–Trinajstić information content (AvgIpc) is 3.53. The van der Waals surface area contributed by atoms with E-state index in [2.05, 4.69) is 15.9 Å².